The second-order valence-corrected chi connectivity index (χ2v) is 5.94. The fourth-order valence-corrected chi connectivity index (χ4v) is 3.82. The second kappa shape index (κ2) is 14.3. The molecule has 0 atom stereocenters. The predicted octanol–water partition coefficient (Wildman–Crippen LogP) is 2.59. The molecule has 0 aromatic heterocycles. The molecule has 4 heteroatoms. The van der Waals surface area contributed by atoms with E-state index in [9.17, 15) is 0 Å². The number of carbonyl (C=O) groups excluding carboxylic acids is 2. The van der Waals surface area contributed by atoms with Gasteiger partial charge >= 0.3 is 21.1 Å². The average Bonchev–Trinajstić information content (AvgIpc) is 2.54. The minimum Gasteiger partial charge on any atom is -0.545 e. The fourth-order valence-electron chi connectivity index (χ4n) is 1.73. The van der Waals surface area contributed by atoms with E-state index in [0.717, 1.165) is 0 Å². The van der Waals surface area contributed by atoms with Crippen molar-refractivity contribution < 1.29 is 30.7 Å². The van der Waals surface area contributed by atoms with Gasteiger partial charge in [-0.05, 0) is 24.7 Å². The van der Waals surface area contributed by atoms with Crippen LogP contribution in [0.5, 0.6) is 0 Å². The van der Waals surface area contributed by atoms with Crippen molar-refractivity contribution in [2.24, 2.45) is 0 Å². The third-order valence-corrected chi connectivity index (χ3v) is 4.93. The maximum absolute atomic E-state index is 7.75. The molecule has 20 heavy (non-hydrogen) atoms. The first-order chi connectivity index (χ1) is 9.42. The summed E-state index contributed by atoms with van der Waals surface area (Å²) >= 11 is 0. The van der Waals surface area contributed by atoms with Gasteiger partial charge in [-0.1, -0.05) is 67.6 Å². The van der Waals surface area contributed by atoms with Crippen LogP contribution in [-0.2, 0) is 30.7 Å². The summed E-state index contributed by atoms with van der Waals surface area (Å²) in [5, 5.41) is 2.95. The molecule has 0 heterocycles. The zero-order valence-corrected chi connectivity index (χ0v) is 14.4. The third kappa shape index (κ3) is 6.89. The molecule has 2 rings (SSSR count). The quantitative estimate of drug-likeness (QED) is 0.395. The summed E-state index contributed by atoms with van der Waals surface area (Å²) in [4.78, 5) is 15.5. The Morgan fingerprint density at radius 2 is 1.05 bits per heavy atom. The molecule has 108 valence electrons. The molecule has 0 spiro atoms. The van der Waals surface area contributed by atoms with Crippen LogP contribution >= 0.6 is 7.92 Å². The molecule has 0 saturated heterocycles. The van der Waals surface area contributed by atoms with E-state index in [2.05, 4.69) is 81.2 Å². The van der Waals surface area contributed by atoms with Gasteiger partial charge in [-0.3, -0.25) is 13.6 Å². The van der Waals surface area contributed by atoms with E-state index in [-0.39, 0.29) is 29.0 Å². The van der Waals surface area contributed by atoms with E-state index in [4.69, 9.17) is 9.59 Å². The average molecular weight is 467 g/mol. The molecule has 0 N–H and O–H groups in total. The molecule has 2 nitrogen and oxygen atoms in total. The molecule has 0 aliphatic rings. The van der Waals surface area contributed by atoms with Gasteiger partial charge in [0.05, 0.1) is 0 Å². The molecule has 0 amide bonds. The van der Waals surface area contributed by atoms with E-state index in [1.807, 2.05) is 0 Å². The van der Waals surface area contributed by atoms with Crippen molar-refractivity contribution >= 4 is 32.1 Å². The fraction of sp³-hybridized carbons (Fsp3) is 0.125. The van der Waals surface area contributed by atoms with Crippen LogP contribution in [0.3, 0.4) is 0 Å². The molecule has 0 radical (unpaired) electrons. The second-order valence-electron chi connectivity index (χ2n) is 3.42. The van der Waals surface area contributed by atoms with Gasteiger partial charge in [0.15, 0.2) is 0 Å². The number of hydrogen-bond donors (Lipinski definition) is 0. The van der Waals surface area contributed by atoms with Crippen molar-refractivity contribution in [2.45, 2.75) is 6.92 Å². The van der Waals surface area contributed by atoms with Crippen molar-refractivity contribution in [2.75, 3.05) is 6.16 Å². The van der Waals surface area contributed by atoms with Crippen LogP contribution in [0, 0.1) is 0 Å². The largest absolute Gasteiger partial charge is 2.00 e. The summed E-state index contributed by atoms with van der Waals surface area (Å²) in [6, 6.07) is 21.6. The smallest absolute Gasteiger partial charge is 0.545 e. The zero-order valence-electron chi connectivity index (χ0n) is 11.2. The first-order valence-corrected chi connectivity index (χ1v) is 7.29. The Morgan fingerprint density at radius 3 is 1.30 bits per heavy atom. The number of rotatable bonds is 3. The first-order valence-electron chi connectivity index (χ1n) is 5.76. The third-order valence-electron chi connectivity index (χ3n) is 2.45. The van der Waals surface area contributed by atoms with Crippen LogP contribution in [0.1, 0.15) is 6.92 Å². The SMILES string of the molecule is CCP(c1ccccc1)c1ccccc1.[CH-]=O.[CH-]=O.[Pt+2]. The summed E-state index contributed by atoms with van der Waals surface area (Å²) in [5.74, 6) is 0. The number of benzene rings is 2. The van der Waals surface area contributed by atoms with Gasteiger partial charge in [-0.15, -0.1) is 0 Å². The Bertz CT molecular complexity index is 395. The summed E-state index contributed by atoms with van der Waals surface area (Å²) in [5.41, 5.74) is 0. The molecule has 0 unspecified atom stereocenters. The Kier molecular flexibility index (Phi) is 15.2. The van der Waals surface area contributed by atoms with Crippen molar-refractivity contribution in [1.29, 1.82) is 0 Å². The molecule has 0 fully saturated rings. The molecule has 2 aromatic rings. The van der Waals surface area contributed by atoms with Crippen LogP contribution in [-0.4, -0.2) is 19.7 Å². The van der Waals surface area contributed by atoms with Crippen LogP contribution in [0.15, 0.2) is 60.7 Å². The molecular formula is C16H17O2PPt. The van der Waals surface area contributed by atoms with Gasteiger partial charge in [0.1, 0.15) is 0 Å². The normalized spacial score (nSPS) is 8.30. The van der Waals surface area contributed by atoms with E-state index < -0.39 is 0 Å². The maximum Gasteiger partial charge on any atom is 2.00 e. The standard InChI is InChI=1S/C14H15P.2CHO.Pt/c1-2-15(13-9-5-3-6-10-13)14-11-7-4-8-12-14;2*1-2;/h3-12H,2H2,1H3;2*1H;/q;2*-1;+2. The van der Waals surface area contributed by atoms with E-state index in [1.54, 1.807) is 0 Å². The molecule has 0 saturated carbocycles. The molecule has 0 aliphatic carbocycles. The van der Waals surface area contributed by atoms with E-state index >= 15 is 0 Å². The monoisotopic (exact) mass is 467 g/mol. The predicted molar refractivity (Wildman–Crippen MR) is 83.1 cm³/mol. The minimum absolute atomic E-state index is 0. The molecule has 0 aliphatic heterocycles. The zero-order chi connectivity index (χ0) is 14.5. The van der Waals surface area contributed by atoms with Crippen molar-refractivity contribution in [3.8, 4) is 0 Å². The molecular weight excluding hydrogens is 450 g/mol. The minimum atomic E-state index is -0.149. The number of hydrogen-bond acceptors (Lipinski definition) is 2. The van der Waals surface area contributed by atoms with Crippen molar-refractivity contribution in [3.63, 3.8) is 0 Å². The van der Waals surface area contributed by atoms with Crippen LogP contribution < -0.4 is 10.6 Å². The van der Waals surface area contributed by atoms with Crippen LogP contribution in [0.25, 0.3) is 0 Å². The van der Waals surface area contributed by atoms with E-state index in [1.165, 1.54) is 16.8 Å². The van der Waals surface area contributed by atoms with Crippen molar-refractivity contribution in [3.05, 3.63) is 60.7 Å². The first kappa shape index (κ1) is 21.2. The van der Waals surface area contributed by atoms with Gasteiger partial charge in [0.25, 0.3) is 0 Å². The topological polar surface area (TPSA) is 34.1 Å². The summed E-state index contributed by atoms with van der Waals surface area (Å²) in [6.45, 7) is 8.77. The van der Waals surface area contributed by atoms with Gasteiger partial charge in [-0.25, -0.2) is 0 Å². The van der Waals surface area contributed by atoms with Crippen LogP contribution in [0.2, 0.25) is 0 Å². The van der Waals surface area contributed by atoms with Crippen LogP contribution in [0.4, 0.5) is 0 Å². The van der Waals surface area contributed by atoms with Gasteiger partial charge < -0.3 is 9.59 Å². The Morgan fingerprint density at radius 1 is 0.750 bits per heavy atom. The Labute approximate surface area is 136 Å². The summed E-state index contributed by atoms with van der Waals surface area (Å²) < 4.78 is 0. The Balaban J connectivity index is 0. The van der Waals surface area contributed by atoms with Gasteiger partial charge in [0.2, 0.25) is 0 Å². The van der Waals surface area contributed by atoms with Crippen molar-refractivity contribution in [1.82, 2.24) is 0 Å². The van der Waals surface area contributed by atoms with Gasteiger partial charge in [-0.2, -0.15) is 0 Å². The van der Waals surface area contributed by atoms with E-state index in [0.29, 0.717) is 0 Å². The molecule has 2 aromatic carbocycles. The van der Waals surface area contributed by atoms with Gasteiger partial charge in [0, 0.05) is 0 Å². The Hall–Kier alpha value is -1.10. The summed E-state index contributed by atoms with van der Waals surface area (Å²) in [7, 11) is -0.149. The molecule has 0 bridgehead atoms. The maximum atomic E-state index is 7.75. The summed E-state index contributed by atoms with van der Waals surface area (Å²) in [6.07, 6.45) is 1.21.